The van der Waals surface area contributed by atoms with Crippen LogP contribution in [0.5, 0.6) is 5.75 Å². The van der Waals surface area contributed by atoms with Crippen molar-refractivity contribution in [3.63, 3.8) is 0 Å². The lowest BCUT2D eigenvalue weighted by atomic mass is 9.78. The minimum Gasteiger partial charge on any atom is -0.488 e. The Morgan fingerprint density at radius 2 is 1.86 bits per heavy atom. The van der Waals surface area contributed by atoms with Crippen LogP contribution in [0.15, 0.2) is 45.6 Å². The van der Waals surface area contributed by atoms with Crippen molar-refractivity contribution in [1.29, 1.82) is 0 Å². The Hall–Kier alpha value is -2.67. The maximum absolute atomic E-state index is 13.1. The molecule has 1 amide bonds. The van der Waals surface area contributed by atoms with Crippen LogP contribution in [0, 0.1) is 24.6 Å². The molecule has 6 nitrogen and oxygen atoms in total. The average Bonchev–Trinajstić information content (AvgIpc) is 3.05. The predicted octanol–water partition coefficient (Wildman–Crippen LogP) is 2.38. The molecule has 148 valence electrons. The number of hydrogen-bond donors (Lipinski definition) is 1. The molecule has 7 heteroatoms. The summed E-state index contributed by atoms with van der Waals surface area (Å²) >= 11 is 0. The van der Waals surface area contributed by atoms with Crippen LogP contribution in [-0.4, -0.2) is 41.2 Å². The molecule has 1 aromatic heterocycles. The van der Waals surface area contributed by atoms with E-state index in [2.05, 4.69) is 0 Å². The number of benzene rings is 1. The fraction of sp³-hybridized carbons (Fsp3) is 0.429. The Morgan fingerprint density at radius 3 is 2.54 bits per heavy atom. The standard InChI is InChI=1S/C21H22FNO5/c1-12-6-16(24)9-20(27-12)21(26)23-10-13-7-18(25)19(8-14(13)11-23)28-17-4-2-15(22)3-5-17/h2-6,9,13-14,18-19,25H,7-8,10-11H2,1H3/t13-,14+,18+,19+/m0/s1. The first-order valence-electron chi connectivity index (χ1n) is 9.40. The zero-order valence-electron chi connectivity index (χ0n) is 15.5. The molecular formula is C21H22FNO5. The number of aliphatic hydroxyl groups excluding tert-OH is 1. The molecule has 0 spiro atoms. The fourth-order valence-electron chi connectivity index (χ4n) is 4.24. The van der Waals surface area contributed by atoms with E-state index in [1.165, 1.54) is 24.3 Å². The van der Waals surface area contributed by atoms with Crippen molar-refractivity contribution in [2.24, 2.45) is 11.8 Å². The number of ether oxygens (including phenoxy) is 1. The van der Waals surface area contributed by atoms with Crippen molar-refractivity contribution >= 4 is 5.91 Å². The molecule has 2 aliphatic rings. The van der Waals surface area contributed by atoms with Gasteiger partial charge in [-0.15, -0.1) is 0 Å². The predicted molar refractivity (Wildman–Crippen MR) is 98.7 cm³/mol. The van der Waals surface area contributed by atoms with Crippen molar-refractivity contribution in [2.45, 2.75) is 32.0 Å². The molecule has 0 bridgehead atoms. The maximum atomic E-state index is 13.1. The highest BCUT2D eigenvalue weighted by atomic mass is 19.1. The molecular weight excluding hydrogens is 365 g/mol. The van der Waals surface area contributed by atoms with Crippen LogP contribution in [0.2, 0.25) is 0 Å². The maximum Gasteiger partial charge on any atom is 0.289 e. The average molecular weight is 387 g/mol. The van der Waals surface area contributed by atoms with E-state index in [-0.39, 0.29) is 34.7 Å². The van der Waals surface area contributed by atoms with Crippen molar-refractivity contribution in [3.8, 4) is 5.75 Å². The van der Waals surface area contributed by atoms with Crippen LogP contribution in [-0.2, 0) is 0 Å². The quantitative estimate of drug-likeness (QED) is 0.875. The summed E-state index contributed by atoms with van der Waals surface area (Å²) in [6, 6.07) is 8.27. The van der Waals surface area contributed by atoms with Gasteiger partial charge in [0.15, 0.2) is 11.2 Å². The summed E-state index contributed by atoms with van der Waals surface area (Å²) in [6.45, 7) is 2.67. The van der Waals surface area contributed by atoms with E-state index in [1.807, 2.05) is 0 Å². The fourth-order valence-corrected chi connectivity index (χ4v) is 4.24. The molecule has 1 N–H and O–H groups in total. The van der Waals surface area contributed by atoms with Gasteiger partial charge in [0, 0.05) is 25.2 Å². The van der Waals surface area contributed by atoms with E-state index < -0.39 is 12.2 Å². The number of amides is 1. The van der Waals surface area contributed by atoms with Gasteiger partial charge in [-0.3, -0.25) is 9.59 Å². The number of nitrogens with zero attached hydrogens (tertiary/aromatic N) is 1. The van der Waals surface area contributed by atoms with E-state index in [0.29, 0.717) is 37.4 Å². The summed E-state index contributed by atoms with van der Waals surface area (Å²) in [5.41, 5.74) is -0.258. The van der Waals surface area contributed by atoms with Gasteiger partial charge in [-0.05, 0) is 55.9 Å². The Bertz CT molecular complexity index is 925. The molecule has 1 aliphatic heterocycles. The van der Waals surface area contributed by atoms with E-state index in [9.17, 15) is 19.1 Å². The van der Waals surface area contributed by atoms with Crippen LogP contribution < -0.4 is 10.2 Å². The summed E-state index contributed by atoms with van der Waals surface area (Å²) in [5.74, 6) is 0.665. The summed E-state index contributed by atoms with van der Waals surface area (Å²) in [4.78, 5) is 26.1. The highest BCUT2D eigenvalue weighted by molar-refractivity contribution is 5.91. The molecule has 4 atom stereocenters. The summed E-state index contributed by atoms with van der Waals surface area (Å²) in [7, 11) is 0. The number of fused-ring (bicyclic) bond motifs is 1. The second-order valence-electron chi connectivity index (χ2n) is 7.65. The first-order valence-corrected chi connectivity index (χ1v) is 9.40. The van der Waals surface area contributed by atoms with E-state index in [0.717, 1.165) is 0 Å². The lowest BCUT2D eigenvalue weighted by Gasteiger charge is -2.35. The molecule has 2 fully saturated rings. The Morgan fingerprint density at radius 1 is 1.18 bits per heavy atom. The van der Waals surface area contributed by atoms with E-state index in [4.69, 9.17) is 9.15 Å². The van der Waals surface area contributed by atoms with Crippen LogP contribution in [0.25, 0.3) is 0 Å². The van der Waals surface area contributed by atoms with Gasteiger partial charge in [-0.2, -0.15) is 0 Å². The third-order valence-corrected chi connectivity index (χ3v) is 5.57. The van der Waals surface area contributed by atoms with Gasteiger partial charge >= 0.3 is 0 Å². The first-order chi connectivity index (χ1) is 13.4. The number of likely N-dealkylation sites (tertiary alicyclic amines) is 1. The lowest BCUT2D eigenvalue weighted by molar-refractivity contribution is -0.0231. The van der Waals surface area contributed by atoms with Crippen LogP contribution in [0.1, 0.15) is 29.2 Å². The largest absolute Gasteiger partial charge is 0.488 e. The van der Waals surface area contributed by atoms with Crippen molar-refractivity contribution in [1.82, 2.24) is 4.90 Å². The molecule has 28 heavy (non-hydrogen) atoms. The van der Waals surface area contributed by atoms with Gasteiger partial charge in [-0.25, -0.2) is 4.39 Å². The number of rotatable bonds is 3. The van der Waals surface area contributed by atoms with E-state index >= 15 is 0 Å². The molecule has 1 aromatic carbocycles. The van der Waals surface area contributed by atoms with Crippen LogP contribution >= 0.6 is 0 Å². The van der Waals surface area contributed by atoms with Gasteiger partial charge in [0.05, 0.1) is 6.10 Å². The summed E-state index contributed by atoms with van der Waals surface area (Å²) in [5, 5.41) is 10.5. The van der Waals surface area contributed by atoms with Gasteiger partial charge in [0.1, 0.15) is 23.4 Å². The monoisotopic (exact) mass is 387 g/mol. The molecule has 2 heterocycles. The second-order valence-corrected chi connectivity index (χ2v) is 7.65. The van der Waals surface area contributed by atoms with Crippen molar-refractivity contribution < 1.29 is 23.4 Å². The summed E-state index contributed by atoms with van der Waals surface area (Å²) in [6.07, 6.45) is 0.0694. The number of carbonyl (C=O) groups is 1. The molecule has 0 radical (unpaired) electrons. The Labute approximate surface area is 161 Å². The van der Waals surface area contributed by atoms with Gasteiger partial charge in [0.25, 0.3) is 5.91 Å². The molecule has 4 rings (SSSR count). The van der Waals surface area contributed by atoms with Crippen molar-refractivity contribution in [3.05, 3.63) is 64.0 Å². The van der Waals surface area contributed by atoms with Gasteiger partial charge in [0.2, 0.25) is 0 Å². The van der Waals surface area contributed by atoms with Gasteiger partial charge < -0.3 is 19.2 Å². The second kappa shape index (κ2) is 7.39. The molecule has 0 unspecified atom stereocenters. The summed E-state index contributed by atoms with van der Waals surface area (Å²) < 4.78 is 24.3. The normalized spacial score (nSPS) is 26.8. The zero-order valence-corrected chi connectivity index (χ0v) is 15.5. The third kappa shape index (κ3) is 3.80. The Kier molecular flexibility index (Phi) is 4.93. The molecule has 2 aromatic rings. The van der Waals surface area contributed by atoms with E-state index in [1.54, 1.807) is 24.0 Å². The SMILES string of the molecule is Cc1cc(=O)cc(C(=O)N2C[C@H]3C[C@@H](Oc4ccc(F)cc4)[C@H](O)C[C@H]3C2)o1. The lowest BCUT2D eigenvalue weighted by Crippen LogP contribution is -2.42. The highest BCUT2D eigenvalue weighted by Gasteiger charge is 2.44. The number of aryl methyl sites for hydroxylation is 1. The minimum atomic E-state index is -0.654. The molecule has 1 aliphatic carbocycles. The molecule has 1 saturated carbocycles. The van der Waals surface area contributed by atoms with Crippen LogP contribution in [0.4, 0.5) is 4.39 Å². The number of hydrogen-bond acceptors (Lipinski definition) is 5. The number of halogens is 1. The number of carbonyl (C=O) groups excluding carboxylic acids is 1. The third-order valence-electron chi connectivity index (χ3n) is 5.57. The van der Waals surface area contributed by atoms with Crippen LogP contribution in [0.3, 0.4) is 0 Å². The number of aliphatic hydroxyl groups is 1. The highest BCUT2D eigenvalue weighted by Crippen LogP contribution is 2.38. The smallest absolute Gasteiger partial charge is 0.289 e. The topological polar surface area (TPSA) is 80.0 Å². The zero-order chi connectivity index (χ0) is 19.8. The Balaban J connectivity index is 1.44. The minimum absolute atomic E-state index is 0.0447. The van der Waals surface area contributed by atoms with Crippen molar-refractivity contribution in [2.75, 3.05) is 13.1 Å². The molecule has 1 saturated heterocycles. The first kappa shape index (κ1) is 18.7. The van der Waals surface area contributed by atoms with Gasteiger partial charge in [-0.1, -0.05) is 0 Å².